The Morgan fingerprint density at radius 3 is 2.57 bits per heavy atom. The number of allylic oxidation sites excluding steroid dienone is 4. The van der Waals surface area contributed by atoms with Crippen molar-refractivity contribution in [2.24, 2.45) is 0 Å². The zero-order valence-electron chi connectivity index (χ0n) is 17.0. The molecule has 0 unspecified atom stereocenters. The molecule has 2 rings (SSSR count). The van der Waals surface area contributed by atoms with Crippen molar-refractivity contribution in [3.63, 3.8) is 0 Å². The minimum absolute atomic E-state index is 0.0158. The third kappa shape index (κ3) is 6.84. The molecule has 0 aromatic carbocycles. The molecule has 0 spiro atoms. The molecular weight excluding hydrogens is 403 g/mol. The number of alkyl halides is 3. The van der Waals surface area contributed by atoms with E-state index < -0.39 is 22.4 Å². The van der Waals surface area contributed by atoms with Gasteiger partial charge in [0.15, 0.2) is 0 Å². The van der Waals surface area contributed by atoms with Crippen LogP contribution in [0.2, 0.25) is 0 Å². The molecule has 2 fully saturated rings. The fourth-order valence-electron chi connectivity index (χ4n) is 3.49. The van der Waals surface area contributed by atoms with E-state index in [2.05, 4.69) is 22.1 Å². The standard InChI is InChI=1S/C19H28F3N5O3/c1-3-15(12-17(19(20,21)22)14(2)27(29)30)24-16-4-9-26(13-16)18(28)5-8-25-10-6-23-7-11-25/h3,12,16,23-24H,1,4-11,13H2,2H3/b15-12+,17-14-/t16-/m1/s1. The average Bonchev–Trinajstić information content (AvgIpc) is 3.17. The Labute approximate surface area is 173 Å². The van der Waals surface area contributed by atoms with Crippen LogP contribution in [0.25, 0.3) is 0 Å². The molecule has 168 valence electrons. The first-order valence-corrected chi connectivity index (χ1v) is 9.85. The van der Waals surface area contributed by atoms with Gasteiger partial charge >= 0.3 is 6.18 Å². The van der Waals surface area contributed by atoms with Gasteiger partial charge in [0, 0.05) is 70.9 Å². The average molecular weight is 431 g/mol. The Hall–Kier alpha value is -2.40. The Bertz CT molecular complexity index is 715. The summed E-state index contributed by atoms with van der Waals surface area (Å²) in [4.78, 5) is 26.1. The number of amides is 1. The van der Waals surface area contributed by atoms with E-state index in [1.807, 2.05) is 0 Å². The van der Waals surface area contributed by atoms with Crippen LogP contribution in [0.5, 0.6) is 0 Å². The van der Waals surface area contributed by atoms with Gasteiger partial charge in [-0.25, -0.2) is 0 Å². The quantitative estimate of drug-likeness (QED) is 0.345. The summed E-state index contributed by atoms with van der Waals surface area (Å²) >= 11 is 0. The lowest BCUT2D eigenvalue weighted by molar-refractivity contribution is -0.427. The third-order valence-corrected chi connectivity index (χ3v) is 5.25. The van der Waals surface area contributed by atoms with Gasteiger partial charge in [0.2, 0.25) is 5.91 Å². The lowest BCUT2D eigenvalue weighted by Crippen LogP contribution is -2.45. The monoisotopic (exact) mass is 431 g/mol. The van der Waals surface area contributed by atoms with Crippen molar-refractivity contribution in [3.8, 4) is 0 Å². The smallest absolute Gasteiger partial charge is 0.380 e. The molecule has 1 atom stereocenters. The van der Waals surface area contributed by atoms with Gasteiger partial charge in [0.25, 0.3) is 5.70 Å². The zero-order chi connectivity index (χ0) is 22.3. The van der Waals surface area contributed by atoms with E-state index in [9.17, 15) is 28.1 Å². The van der Waals surface area contributed by atoms with Crippen molar-refractivity contribution in [1.29, 1.82) is 0 Å². The summed E-state index contributed by atoms with van der Waals surface area (Å²) in [5.74, 6) is 0.0158. The fraction of sp³-hybridized carbons (Fsp3) is 0.632. The van der Waals surface area contributed by atoms with Crippen LogP contribution in [0.1, 0.15) is 19.8 Å². The molecule has 2 saturated heterocycles. The predicted octanol–water partition coefficient (Wildman–Crippen LogP) is 1.66. The molecule has 0 radical (unpaired) electrons. The van der Waals surface area contributed by atoms with Crippen molar-refractivity contribution in [3.05, 3.63) is 45.8 Å². The van der Waals surface area contributed by atoms with Crippen molar-refractivity contribution in [2.75, 3.05) is 45.8 Å². The van der Waals surface area contributed by atoms with Gasteiger partial charge in [-0.15, -0.1) is 0 Å². The molecule has 0 bridgehead atoms. The Morgan fingerprint density at radius 2 is 2.00 bits per heavy atom. The molecule has 2 heterocycles. The highest BCUT2D eigenvalue weighted by Gasteiger charge is 2.38. The molecule has 0 saturated carbocycles. The molecule has 2 N–H and O–H groups in total. The SMILES string of the molecule is C=C/C(=C\C(=C(/C)[N+](=O)[O-])C(F)(F)F)N[C@@H]1CCN(C(=O)CCN2CCNCC2)C1. The Kier molecular flexibility index (Phi) is 8.42. The number of hydrogen-bond donors (Lipinski definition) is 2. The van der Waals surface area contributed by atoms with Crippen LogP contribution in [0.15, 0.2) is 35.7 Å². The summed E-state index contributed by atoms with van der Waals surface area (Å²) in [6.45, 7) is 9.50. The fourth-order valence-corrected chi connectivity index (χ4v) is 3.49. The van der Waals surface area contributed by atoms with Crippen LogP contribution < -0.4 is 10.6 Å². The second kappa shape index (κ2) is 10.6. The van der Waals surface area contributed by atoms with Crippen molar-refractivity contribution >= 4 is 5.91 Å². The molecule has 2 aliphatic heterocycles. The van der Waals surface area contributed by atoms with Gasteiger partial charge in [-0.2, -0.15) is 13.2 Å². The minimum atomic E-state index is -4.87. The summed E-state index contributed by atoms with van der Waals surface area (Å²) in [7, 11) is 0. The van der Waals surface area contributed by atoms with E-state index in [1.165, 1.54) is 6.08 Å². The second-order valence-electron chi connectivity index (χ2n) is 7.37. The van der Waals surface area contributed by atoms with Crippen LogP contribution in [-0.4, -0.2) is 78.7 Å². The molecule has 11 heteroatoms. The van der Waals surface area contributed by atoms with Crippen LogP contribution >= 0.6 is 0 Å². The van der Waals surface area contributed by atoms with Crippen LogP contribution in [0, 0.1) is 10.1 Å². The number of likely N-dealkylation sites (tertiary alicyclic amines) is 1. The van der Waals surface area contributed by atoms with E-state index >= 15 is 0 Å². The number of carbonyl (C=O) groups excluding carboxylic acids is 1. The highest BCUT2D eigenvalue weighted by Crippen LogP contribution is 2.30. The summed E-state index contributed by atoms with van der Waals surface area (Å²) in [6.07, 6.45) is -2.01. The van der Waals surface area contributed by atoms with E-state index in [0.29, 0.717) is 38.6 Å². The van der Waals surface area contributed by atoms with Crippen molar-refractivity contribution in [1.82, 2.24) is 20.4 Å². The number of hydrogen-bond acceptors (Lipinski definition) is 6. The minimum Gasteiger partial charge on any atom is -0.380 e. The van der Waals surface area contributed by atoms with Gasteiger partial charge in [-0.05, 0) is 18.6 Å². The molecule has 0 aromatic heterocycles. The summed E-state index contributed by atoms with van der Waals surface area (Å²) in [5, 5.41) is 17.0. The molecule has 2 aliphatic rings. The predicted molar refractivity (Wildman–Crippen MR) is 106 cm³/mol. The lowest BCUT2D eigenvalue weighted by Gasteiger charge is -2.27. The summed E-state index contributed by atoms with van der Waals surface area (Å²) < 4.78 is 39.7. The first kappa shape index (κ1) is 23.9. The second-order valence-corrected chi connectivity index (χ2v) is 7.37. The van der Waals surface area contributed by atoms with Crippen LogP contribution in [0.4, 0.5) is 13.2 Å². The highest BCUT2D eigenvalue weighted by atomic mass is 19.4. The zero-order valence-corrected chi connectivity index (χ0v) is 17.0. The van der Waals surface area contributed by atoms with Gasteiger partial charge in [0.05, 0.1) is 4.92 Å². The summed E-state index contributed by atoms with van der Waals surface area (Å²) in [5.41, 5.74) is -2.29. The number of nitrogens with one attached hydrogen (secondary N) is 2. The number of nitrogens with zero attached hydrogens (tertiary/aromatic N) is 3. The number of halogens is 3. The number of rotatable bonds is 8. The van der Waals surface area contributed by atoms with Crippen molar-refractivity contribution in [2.45, 2.75) is 32.0 Å². The van der Waals surface area contributed by atoms with Crippen LogP contribution in [-0.2, 0) is 4.79 Å². The molecule has 8 nitrogen and oxygen atoms in total. The number of carbonyl (C=O) groups is 1. The van der Waals surface area contributed by atoms with Gasteiger partial charge < -0.3 is 20.4 Å². The topological polar surface area (TPSA) is 90.8 Å². The third-order valence-electron chi connectivity index (χ3n) is 5.25. The maximum absolute atomic E-state index is 13.2. The first-order valence-electron chi connectivity index (χ1n) is 9.85. The van der Waals surface area contributed by atoms with E-state index in [-0.39, 0.29) is 17.6 Å². The maximum atomic E-state index is 13.2. The number of nitro groups is 1. The maximum Gasteiger partial charge on any atom is 0.422 e. The molecule has 0 aromatic rings. The normalized spacial score (nSPS) is 21.9. The van der Waals surface area contributed by atoms with Crippen molar-refractivity contribution < 1.29 is 22.9 Å². The Morgan fingerprint density at radius 1 is 1.33 bits per heavy atom. The van der Waals surface area contributed by atoms with Crippen LogP contribution in [0.3, 0.4) is 0 Å². The Balaban J connectivity index is 1.95. The largest absolute Gasteiger partial charge is 0.422 e. The summed E-state index contributed by atoms with van der Waals surface area (Å²) in [6, 6.07) is -0.247. The lowest BCUT2D eigenvalue weighted by atomic mass is 10.1. The molecule has 0 aliphatic carbocycles. The van der Waals surface area contributed by atoms with E-state index in [1.54, 1.807) is 4.90 Å². The first-order chi connectivity index (χ1) is 14.1. The molecule has 1 amide bonds. The van der Waals surface area contributed by atoms with E-state index in [0.717, 1.165) is 33.1 Å². The van der Waals surface area contributed by atoms with Gasteiger partial charge in [0.1, 0.15) is 5.57 Å². The van der Waals surface area contributed by atoms with Gasteiger partial charge in [-0.3, -0.25) is 14.9 Å². The molecular formula is C19H28F3N5O3. The molecule has 30 heavy (non-hydrogen) atoms. The number of piperazine rings is 1. The highest BCUT2D eigenvalue weighted by molar-refractivity contribution is 5.76. The van der Waals surface area contributed by atoms with E-state index in [4.69, 9.17) is 0 Å². The van der Waals surface area contributed by atoms with Gasteiger partial charge in [-0.1, -0.05) is 6.58 Å².